The Morgan fingerprint density at radius 2 is 1.58 bits per heavy atom. The van der Waals surface area contributed by atoms with Crippen molar-refractivity contribution in [1.29, 1.82) is 0 Å². The zero-order chi connectivity index (χ0) is 18.3. The van der Waals surface area contributed by atoms with Crippen LogP contribution in [0.2, 0.25) is 0 Å². The Balaban J connectivity index is 2.58. The molecule has 0 atom stereocenters. The molecule has 0 aliphatic carbocycles. The van der Waals surface area contributed by atoms with Gasteiger partial charge >= 0.3 is 0 Å². The number of phenolic OH excluding ortho intramolecular Hbond substituents is 1. The van der Waals surface area contributed by atoms with E-state index in [9.17, 15) is 9.90 Å². The fourth-order valence-corrected chi connectivity index (χ4v) is 3.19. The van der Waals surface area contributed by atoms with Gasteiger partial charge in [-0.25, -0.2) is 0 Å². The zero-order valence-corrected chi connectivity index (χ0v) is 16.2. The highest BCUT2D eigenvalue weighted by atomic mass is 16.3. The van der Waals surface area contributed by atoms with Crippen molar-refractivity contribution < 1.29 is 9.90 Å². The molecule has 132 valence electrons. The van der Waals surface area contributed by atoms with Crippen molar-refractivity contribution in [3.05, 3.63) is 34.4 Å². The standard InChI is InChI=1S/C21H31NO2/c1-8-22-10-9-15(19(22)24)11-14-12-16(20(2,3)4)18(23)17(13-14)21(5,6)7/h11-13,23H,8-10H2,1-7H3/b15-11+. The molecule has 0 spiro atoms. The summed E-state index contributed by atoms with van der Waals surface area (Å²) in [6.07, 6.45) is 2.80. The van der Waals surface area contributed by atoms with Crippen LogP contribution in [0.4, 0.5) is 0 Å². The molecule has 1 aliphatic heterocycles. The number of carbonyl (C=O) groups excluding carboxylic acids is 1. The van der Waals surface area contributed by atoms with E-state index < -0.39 is 0 Å². The van der Waals surface area contributed by atoms with Gasteiger partial charge in [-0.15, -0.1) is 0 Å². The lowest BCUT2D eigenvalue weighted by Gasteiger charge is -2.28. The number of likely N-dealkylation sites (N-methyl/N-ethyl adjacent to an activating group) is 1. The molecule has 0 unspecified atom stereocenters. The highest BCUT2D eigenvalue weighted by Gasteiger charge is 2.28. The third kappa shape index (κ3) is 3.66. The molecule has 1 fully saturated rings. The first-order valence-corrected chi connectivity index (χ1v) is 8.83. The highest BCUT2D eigenvalue weighted by molar-refractivity contribution is 5.99. The van der Waals surface area contributed by atoms with Gasteiger partial charge in [0.25, 0.3) is 0 Å². The second-order valence-electron chi connectivity index (χ2n) is 8.77. The number of hydrogen-bond acceptors (Lipinski definition) is 2. The lowest BCUT2D eigenvalue weighted by atomic mass is 9.78. The third-order valence-electron chi connectivity index (χ3n) is 4.68. The largest absolute Gasteiger partial charge is 0.507 e. The lowest BCUT2D eigenvalue weighted by molar-refractivity contribution is -0.124. The van der Waals surface area contributed by atoms with Crippen molar-refractivity contribution in [2.75, 3.05) is 13.1 Å². The second kappa shape index (κ2) is 6.27. The van der Waals surface area contributed by atoms with Crippen molar-refractivity contribution in [3.63, 3.8) is 0 Å². The molecule has 0 bridgehead atoms. The van der Waals surface area contributed by atoms with Gasteiger partial charge in [-0.05, 0) is 47.9 Å². The number of benzene rings is 1. The van der Waals surface area contributed by atoms with Gasteiger partial charge < -0.3 is 10.0 Å². The summed E-state index contributed by atoms with van der Waals surface area (Å²) in [6.45, 7) is 16.2. The average Bonchev–Trinajstić information content (AvgIpc) is 2.78. The molecule has 1 saturated heterocycles. The molecule has 3 heteroatoms. The summed E-state index contributed by atoms with van der Waals surface area (Å²) in [7, 11) is 0. The SMILES string of the molecule is CCN1CC/C(=C\c2cc(C(C)(C)C)c(O)c(C(C)(C)C)c2)C1=O. The van der Waals surface area contributed by atoms with Crippen molar-refractivity contribution in [2.24, 2.45) is 0 Å². The highest BCUT2D eigenvalue weighted by Crippen LogP contribution is 2.40. The Morgan fingerprint density at radius 3 is 1.96 bits per heavy atom. The Bertz CT molecular complexity index is 637. The van der Waals surface area contributed by atoms with Gasteiger partial charge in [0.1, 0.15) is 5.75 Å². The lowest BCUT2D eigenvalue weighted by Crippen LogP contribution is -2.24. The van der Waals surface area contributed by atoms with Crippen LogP contribution in [0.1, 0.15) is 71.6 Å². The van der Waals surface area contributed by atoms with Crippen molar-refractivity contribution in [2.45, 2.75) is 65.7 Å². The van der Waals surface area contributed by atoms with Gasteiger partial charge in [-0.2, -0.15) is 0 Å². The molecule has 2 rings (SSSR count). The average molecular weight is 329 g/mol. The van der Waals surface area contributed by atoms with Crippen molar-refractivity contribution >= 4 is 12.0 Å². The predicted octanol–water partition coefficient (Wildman–Crippen LogP) is 4.62. The summed E-state index contributed by atoms with van der Waals surface area (Å²) in [5.74, 6) is 0.519. The van der Waals surface area contributed by atoms with Gasteiger partial charge in [0.15, 0.2) is 0 Å². The first-order chi connectivity index (χ1) is 10.9. The van der Waals surface area contributed by atoms with E-state index in [4.69, 9.17) is 0 Å². The minimum atomic E-state index is -0.159. The van der Waals surface area contributed by atoms with E-state index >= 15 is 0 Å². The van der Waals surface area contributed by atoms with Crippen molar-refractivity contribution in [3.8, 4) is 5.75 Å². The molecule has 24 heavy (non-hydrogen) atoms. The van der Waals surface area contributed by atoms with Gasteiger partial charge in [-0.3, -0.25) is 4.79 Å². The number of hydrogen-bond donors (Lipinski definition) is 1. The molecule has 1 aliphatic rings. The normalized spacial score (nSPS) is 17.9. The summed E-state index contributed by atoms with van der Waals surface area (Å²) < 4.78 is 0. The first-order valence-electron chi connectivity index (χ1n) is 8.83. The molecule has 1 amide bonds. The monoisotopic (exact) mass is 329 g/mol. The molecule has 0 radical (unpaired) electrons. The number of carbonyl (C=O) groups is 1. The fraction of sp³-hybridized carbons (Fsp3) is 0.571. The number of aromatic hydroxyl groups is 1. The maximum absolute atomic E-state index is 12.4. The van der Waals surface area contributed by atoms with Gasteiger partial charge in [0.2, 0.25) is 5.91 Å². The summed E-state index contributed by atoms with van der Waals surface area (Å²) in [4.78, 5) is 14.3. The maximum atomic E-state index is 12.4. The number of nitrogens with zero attached hydrogens (tertiary/aromatic N) is 1. The molecule has 1 heterocycles. The minimum absolute atomic E-state index is 0.139. The molecule has 1 aromatic rings. The van der Waals surface area contributed by atoms with E-state index in [0.29, 0.717) is 5.75 Å². The number of likely N-dealkylation sites (tertiary alicyclic amines) is 1. The molecule has 3 nitrogen and oxygen atoms in total. The van der Waals surface area contributed by atoms with Gasteiger partial charge in [0, 0.05) is 29.8 Å². The topological polar surface area (TPSA) is 40.5 Å². The molecule has 0 aromatic heterocycles. The van der Waals surface area contributed by atoms with Crippen LogP contribution in [0.15, 0.2) is 17.7 Å². The molecular formula is C21H31NO2. The smallest absolute Gasteiger partial charge is 0.249 e. The summed E-state index contributed by atoms with van der Waals surface area (Å²) in [6, 6.07) is 4.05. The third-order valence-corrected chi connectivity index (χ3v) is 4.68. The summed E-state index contributed by atoms with van der Waals surface area (Å²) in [5.41, 5.74) is 3.41. The Kier molecular flexibility index (Phi) is 4.85. The number of phenols is 1. The van der Waals surface area contributed by atoms with Crippen LogP contribution in [0.5, 0.6) is 5.75 Å². The van der Waals surface area contributed by atoms with Crippen LogP contribution in [0.3, 0.4) is 0 Å². The van der Waals surface area contributed by atoms with Crippen LogP contribution < -0.4 is 0 Å². The van der Waals surface area contributed by atoms with E-state index in [-0.39, 0.29) is 16.7 Å². The fourth-order valence-electron chi connectivity index (χ4n) is 3.19. The molecule has 0 saturated carbocycles. The molecule has 1 aromatic carbocycles. The summed E-state index contributed by atoms with van der Waals surface area (Å²) in [5, 5.41) is 10.8. The van der Waals surface area contributed by atoms with Crippen LogP contribution >= 0.6 is 0 Å². The molecular weight excluding hydrogens is 298 g/mol. The van der Waals surface area contributed by atoms with Crippen molar-refractivity contribution in [1.82, 2.24) is 4.90 Å². The van der Waals surface area contributed by atoms with Crippen LogP contribution in [0.25, 0.3) is 6.08 Å². The first kappa shape index (κ1) is 18.6. The van der Waals surface area contributed by atoms with E-state index in [1.165, 1.54) is 0 Å². The molecule has 1 N–H and O–H groups in total. The van der Waals surface area contributed by atoms with E-state index in [0.717, 1.165) is 41.8 Å². The quantitative estimate of drug-likeness (QED) is 0.804. The minimum Gasteiger partial charge on any atom is -0.507 e. The Morgan fingerprint density at radius 1 is 1.08 bits per heavy atom. The predicted molar refractivity (Wildman–Crippen MR) is 100 cm³/mol. The second-order valence-corrected chi connectivity index (χ2v) is 8.77. The van der Waals surface area contributed by atoms with Gasteiger partial charge in [-0.1, -0.05) is 41.5 Å². The van der Waals surface area contributed by atoms with Gasteiger partial charge in [0.05, 0.1) is 0 Å². The number of amides is 1. The zero-order valence-electron chi connectivity index (χ0n) is 16.2. The van der Waals surface area contributed by atoms with E-state index in [1.54, 1.807) is 0 Å². The Labute approximate surface area is 146 Å². The van der Waals surface area contributed by atoms with Crippen LogP contribution in [0, 0.1) is 0 Å². The maximum Gasteiger partial charge on any atom is 0.249 e. The summed E-state index contributed by atoms with van der Waals surface area (Å²) >= 11 is 0. The number of rotatable bonds is 2. The van der Waals surface area contributed by atoms with E-state index in [2.05, 4.69) is 41.5 Å². The van der Waals surface area contributed by atoms with Crippen LogP contribution in [-0.2, 0) is 15.6 Å². The Hall–Kier alpha value is -1.77. The van der Waals surface area contributed by atoms with Crippen LogP contribution in [-0.4, -0.2) is 29.0 Å². The van der Waals surface area contributed by atoms with E-state index in [1.807, 2.05) is 30.0 Å².